The Labute approximate surface area is 83.7 Å². The molecule has 0 amide bonds. The summed E-state index contributed by atoms with van der Waals surface area (Å²) in [7, 11) is 1.54. The standard InChI is InChI=1S/C9H17N3O2/c1-9(2,3)7(13)8(14-4)12-6-10-5-11-12/h5-8,13H,1-4H3. The molecule has 0 aliphatic heterocycles. The van der Waals surface area contributed by atoms with Gasteiger partial charge in [0.05, 0.1) is 0 Å². The van der Waals surface area contributed by atoms with Crippen molar-refractivity contribution in [2.45, 2.75) is 33.1 Å². The summed E-state index contributed by atoms with van der Waals surface area (Å²) in [5, 5.41) is 13.9. The van der Waals surface area contributed by atoms with E-state index in [4.69, 9.17) is 4.74 Å². The first-order valence-corrected chi connectivity index (χ1v) is 4.52. The summed E-state index contributed by atoms with van der Waals surface area (Å²) in [5.41, 5.74) is -0.257. The molecule has 80 valence electrons. The molecule has 0 aliphatic rings. The smallest absolute Gasteiger partial charge is 0.177 e. The Balaban J connectivity index is 2.83. The number of hydrogen-bond acceptors (Lipinski definition) is 4. The minimum absolute atomic E-state index is 0.257. The van der Waals surface area contributed by atoms with Gasteiger partial charge in [0.2, 0.25) is 0 Å². The zero-order chi connectivity index (χ0) is 10.8. The molecule has 0 saturated carbocycles. The maximum Gasteiger partial charge on any atom is 0.177 e. The number of hydrogen-bond donors (Lipinski definition) is 1. The highest BCUT2D eigenvalue weighted by Gasteiger charge is 2.32. The van der Waals surface area contributed by atoms with Gasteiger partial charge < -0.3 is 9.84 Å². The van der Waals surface area contributed by atoms with E-state index in [-0.39, 0.29) is 5.41 Å². The van der Waals surface area contributed by atoms with Gasteiger partial charge in [0.25, 0.3) is 0 Å². The molecule has 1 aromatic heterocycles. The van der Waals surface area contributed by atoms with Gasteiger partial charge in [-0.2, -0.15) is 5.10 Å². The van der Waals surface area contributed by atoms with Gasteiger partial charge >= 0.3 is 0 Å². The predicted octanol–water partition coefficient (Wildman–Crippen LogP) is 0.830. The minimum atomic E-state index is -0.630. The van der Waals surface area contributed by atoms with Gasteiger partial charge in [0, 0.05) is 7.11 Å². The third-order valence-electron chi connectivity index (χ3n) is 2.10. The lowest BCUT2D eigenvalue weighted by atomic mass is 9.88. The second-order valence-corrected chi connectivity index (χ2v) is 4.31. The van der Waals surface area contributed by atoms with Gasteiger partial charge in [0.15, 0.2) is 6.23 Å². The van der Waals surface area contributed by atoms with Crippen molar-refractivity contribution in [3.63, 3.8) is 0 Å². The number of aliphatic hydroxyl groups excluding tert-OH is 1. The first-order valence-electron chi connectivity index (χ1n) is 4.52. The normalized spacial score (nSPS) is 16.6. The van der Waals surface area contributed by atoms with Gasteiger partial charge in [0.1, 0.15) is 18.8 Å². The lowest BCUT2D eigenvalue weighted by Crippen LogP contribution is -2.36. The minimum Gasteiger partial charge on any atom is -0.388 e. The van der Waals surface area contributed by atoms with Crippen molar-refractivity contribution >= 4 is 0 Å². The maximum atomic E-state index is 10.0. The fraction of sp³-hybridized carbons (Fsp3) is 0.778. The Bertz CT molecular complexity index is 266. The van der Waals surface area contributed by atoms with Crippen molar-refractivity contribution in [2.24, 2.45) is 5.41 Å². The highest BCUT2D eigenvalue weighted by Crippen LogP contribution is 2.27. The Morgan fingerprint density at radius 2 is 2.07 bits per heavy atom. The lowest BCUT2D eigenvalue weighted by Gasteiger charge is -2.31. The fourth-order valence-electron chi connectivity index (χ4n) is 1.16. The molecule has 0 fully saturated rings. The van der Waals surface area contributed by atoms with E-state index < -0.39 is 12.3 Å². The van der Waals surface area contributed by atoms with E-state index in [1.54, 1.807) is 7.11 Å². The predicted molar refractivity (Wildman–Crippen MR) is 51.5 cm³/mol. The van der Waals surface area contributed by atoms with Gasteiger partial charge in [-0.1, -0.05) is 20.8 Å². The lowest BCUT2D eigenvalue weighted by molar-refractivity contribution is -0.108. The molecular formula is C9H17N3O2. The van der Waals surface area contributed by atoms with E-state index in [1.807, 2.05) is 20.8 Å². The van der Waals surface area contributed by atoms with Crippen molar-refractivity contribution < 1.29 is 9.84 Å². The van der Waals surface area contributed by atoms with Crippen LogP contribution in [0.4, 0.5) is 0 Å². The Kier molecular flexibility index (Phi) is 3.23. The molecule has 1 aromatic rings. The summed E-state index contributed by atoms with van der Waals surface area (Å²) in [5.74, 6) is 0. The number of ether oxygens (including phenoxy) is 1. The molecule has 0 bridgehead atoms. The molecular weight excluding hydrogens is 182 g/mol. The van der Waals surface area contributed by atoms with Crippen LogP contribution in [0, 0.1) is 5.41 Å². The number of aromatic nitrogens is 3. The molecule has 0 saturated heterocycles. The SMILES string of the molecule is COC(C(O)C(C)(C)C)n1cncn1. The largest absolute Gasteiger partial charge is 0.388 e. The monoisotopic (exact) mass is 199 g/mol. The highest BCUT2D eigenvalue weighted by atomic mass is 16.5. The average molecular weight is 199 g/mol. The van der Waals surface area contributed by atoms with Crippen molar-refractivity contribution in [1.82, 2.24) is 14.8 Å². The van der Waals surface area contributed by atoms with Gasteiger partial charge in [-0.3, -0.25) is 0 Å². The Morgan fingerprint density at radius 1 is 1.43 bits per heavy atom. The van der Waals surface area contributed by atoms with Crippen molar-refractivity contribution in [3.05, 3.63) is 12.7 Å². The number of methoxy groups -OCH3 is 1. The zero-order valence-electron chi connectivity index (χ0n) is 9.01. The molecule has 5 heteroatoms. The molecule has 5 nitrogen and oxygen atoms in total. The van der Waals surface area contributed by atoms with E-state index in [9.17, 15) is 5.11 Å². The summed E-state index contributed by atoms with van der Waals surface area (Å²) in [6, 6.07) is 0. The van der Waals surface area contributed by atoms with Crippen LogP contribution < -0.4 is 0 Å². The number of rotatable bonds is 3. The van der Waals surface area contributed by atoms with Crippen LogP contribution in [0.3, 0.4) is 0 Å². The molecule has 14 heavy (non-hydrogen) atoms. The molecule has 1 N–H and O–H groups in total. The first-order chi connectivity index (χ1) is 6.46. The van der Waals surface area contributed by atoms with E-state index in [0.717, 1.165) is 0 Å². The molecule has 2 atom stereocenters. The topological polar surface area (TPSA) is 60.2 Å². The molecule has 1 heterocycles. The van der Waals surface area contributed by atoms with Gasteiger partial charge in [-0.15, -0.1) is 0 Å². The number of nitrogens with zero attached hydrogens (tertiary/aromatic N) is 3. The van der Waals surface area contributed by atoms with E-state index in [1.165, 1.54) is 17.3 Å². The Morgan fingerprint density at radius 3 is 2.43 bits per heavy atom. The molecule has 0 radical (unpaired) electrons. The quantitative estimate of drug-likeness (QED) is 0.783. The average Bonchev–Trinajstić information content (AvgIpc) is 2.57. The van der Waals surface area contributed by atoms with Crippen LogP contribution in [0.2, 0.25) is 0 Å². The van der Waals surface area contributed by atoms with Crippen LogP contribution in [-0.4, -0.2) is 33.1 Å². The van der Waals surface area contributed by atoms with Crippen LogP contribution in [-0.2, 0) is 4.74 Å². The number of aliphatic hydroxyl groups is 1. The summed E-state index contributed by atoms with van der Waals surface area (Å²) in [4.78, 5) is 3.82. The molecule has 1 rings (SSSR count). The Hall–Kier alpha value is -0.940. The van der Waals surface area contributed by atoms with E-state index >= 15 is 0 Å². The second-order valence-electron chi connectivity index (χ2n) is 4.31. The molecule has 0 spiro atoms. The van der Waals surface area contributed by atoms with Crippen molar-refractivity contribution in [3.8, 4) is 0 Å². The van der Waals surface area contributed by atoms with Crippen LogP contribution in [0.1, 0.15) is 27.0 Å². The van der Waals surface area contributed by atoms with Crippen LogP contribution in [0.5, 0.6) is 0 Å². The molecule has 0 aromatic carbocycles. The summed E-state index contributed by atoms with van der Waals surface area (Å²) < 4.78 is 6.70. The van der Waals surface area contributed by atoms with Crippen LogP contribution in [0.15, 0.2) is 12.7 Å². The highest BCUT2D eigenvalue weighted by molar-refractivity contribution is 4.78. The third-order valence-corrected chi connectivity index (χ3v) is 2.10. The summed E-state index contributed by atoms with van der Waals surface area (Å²) >= 11 is 0. The third kappa shape index (κ3) is 2.30. The van der Waals surface area contributed by atoms with Crippen molar-refractivity contribution in [1.29, 1.82) is 0 Å². The van der Waals surface area contributed by atoms with E-state index in [0.29, 0.717) is 0 Å². The summed E-state index contributed by atoms with van der Waals surface area (Å²) in [6.07, 6.45) is 1.83. The van der Waals surface area contributed by atoms with Crippen molar-refractivity contribution in [2.75, 3.05) is 7.11 Å². The molecule has 0 aliphatic carbocycles. The van der Waals surface area contributed by atoms with Crippen LogP contribution in [0.25, 0.3) is 0 Å². The summed E-state index contributed by atoms with van der Waals surface area (Å²) in [6.45, 7) is 5.84. The van der Waals surface area contributed by atoms with Gasteiger partial charge in [-0.05, 0) is 5.41 Å². The fourth-order valence-corrected chi connectivity index (χ4v) is 1.16. The van der Waals surface area contributed by atoms with E-state index in [2.05, 4.69) is 10.1 Å². The second kappa shape index (κ2) is 4.06. The van der Waals surface area contributed by atoms with Crippen LogP contribution >= 0.6 is 0 Å². The first kappa shape index (κ1) is 11.1. The zero-order valence-corrected chi connectivity index (χ0v) is 9.01. The van der Waals surface area contributed by atoms with Gasteiger partial charge in [-0.25, -0.2) is 9.67 Å². The maximum absolute atomic E-state index is 10.0. The molecule has 2 unspecified atom stereocenters.